The van der Waals surface area contributed by atoms with Crippen molar-refractivity contribution in [2.75, 3.05) is 13.2 Å². The molecule has 0 aliphatic rings. The van der Waals surface area contributed by atoms with Crippen LogP contribution in [0.25, 0.3) is 0 Å². The fourth-order valence-corrected chi connectivity index (χ4v) is 3.58. The summed E-state index contributed by atoms with van der Waals surface area (Å²) in [6.45, 7) is 7.62. The second-order valence-electron chi connectivity index (χ2n) is 3.29. The molecule has 0 aromatic heterocycles. The monoisotopic (exact) mass is 238 g/mol. The molecule has 1 atom stereocenters. The van der Waals surface area contributed by atoms with Crippen molar-refractivity contribution in [3.05, 3.63) is 0 Å². The predicted octanol–water partition coefficient (Wildman–Crippen LogP) is 3.01. The minimum atomic E-state index is -1.61. The van der Waals surface area contributed by atoms with Crippen LogP contribution in [0.4, 0.5) is 0 Å². The van der Waals surface area contributed by atoms with Crippen molar-refractivity contribution in [2.45, 2.75) is 51.5 Å². The molecular formula is C10H23ClO2Si. The van der Waals surface area contributed by atoms with E-state index < -0.39 is 9.28 Å². The first-order valence-corrected chi connectivity index (χ1v) is 7.68. The van der Waals surface area contributed by atoms with Crippen molar-refractivity contribution < 1.29 is 8.85 Å². The summed E-state index contributed by atoms with van der Waals surface area (Å²) in [7, 11) is -1.61. The first-order valence-electron chi connectivity index (χ1n) is 5.63. The second kappa shape index (κ2) is 9.96. The Hall–Kier alpha value is 0.427. The van der Waals surface area contributed by atoms with Gasteiger partial charge in [0.15, 0.2) is 0 Å². The Morgan fingerprint density at radius 2 is 1.64 bits per heavy atom. The first-order chi connectivity index (χ1) is 6.76. The maximum Gasteiger partial charge on any atom is 0.339 e. The van der Waals surface area contributed by atoms with Gasteiger partial charge in [-0.15, -0.1) is 11.6 Å². The van der Waals surface area contributed by atoms with Gasteiger partial charge in [-0.25, -0.2) is 0 Å². The van der Waals surface area contributed by atoms with E-state index in [0.717, 1.165) is 6.42 Å². The molecule has 0 rings (SSSR count). The van der Waals surface area contributed by atoms with Crippen molar-refractivity contribution in [1.82, 2.24) is 0 Å². The van der Waals surface area contributed by atoms with Gasteiger partial charge in [-0.1, -0.05) is 26.2 Å². The molecule has 0 heterocycles. The summed E-state index contributed by atoms with van der Waals surface area (Å²) in [5.74, 6) is 0. The third-order valence-electron chi connectivity index (χ3n) is 2.04. The fraction of sp³-hybridized carbons (Fsp3) is 1.00. The van der Waals surface area contributed by atoms with Gasteiger partial charge in [-0.2, -0.15) is 0 Å². The van der Waals surface area contributed by atoms with Crippen LogP contribution in [-0.2, 0) is 8.85 Å². The van der Waals surface area contributed by atoms with E-state index in [2.05, 4.69) is 6.92 Å². The summed E-state index contributed by atoms with van der Waals surface area (Å²) in [6.07, 6.45) is 4.71. The molecule has 0 N–H and O–H groups in total. The van der Waals surface area contributed by atoms with Crippen LogP contribution in [-0.4, -0.2) is 27.5 Å². The molecule has 0 fully saturated rings. The predicted molar refractivity (Wildman–Crippen MR) is 64.2 cm³/mol. The summed E-state index contributed by atoms with van der Waals surface area (Å²) in [5, 5.41) is 0.126. The molecule has 0 saturated carbocycles. The highest BCUT2D eigenvalue weighted by atomic mass is 35.5. The van der Waals surface area contributed by atoms with Crippen molar-refractivity contribution in [3.63, 3.8) is 0 Å². The first kappa shape index (κ1) is 14.4. The number of hydrogen-bond donors (Lipinski definition) is 0. The lowest BCUT2D eigenvalue weighted by Gasteiger charge is -2.19. The van der Waals surface area contributed by atoms with Crippen molar-refractivity contribution in [1.29, 1.82) is 0 Å². The zero-order valence-electron chi connectivity index (χ0n) is 9.59. The van der Waals surface area contributed by atoms with Gasteiger partial charge in [-0.05, 0) is 20.3 Å². The van der Waals surface area contributed by atoms with Gasteiger partial charge in [-0.3, -0.25) is 0 Å². The van der Waals surface area contributed by atoms with Gasteiger partial charge >= 0.3 is 9.28 Å². The average molecular weight is 239 g/mol. The summed E-state index contributed by atoms with van der Waals surface area (Å²) in [6, 6.07) is 0. The zero-order chi connectivity index (χ0) is 10.8. The Labute approximate surface area is 94.8 Å². The van der Waals surface area contributed by atoms with Crippen molar-refractivity contribution in [3.8, 4) is 0 Å². The summed E-state index contributed by atoms with van der Waals surface area (Å²) in [5.41, 5.74) is 0. The Bertz CT molecular complexity index is 119. The standard InChI is InChI=1S/C10H23ClO2Si/c1-4-7-8-9-10(11)14(12-5-2)13-6-3/h10,14H,4-9H2,1-3H3. The van der Waals surface area contributed by atoms with E-state index in [1.54, 1.807) is 0 Å². The number of halogens is 1. The molecule has 0 amide bonds. The maximum absolute atomic E-state index is 6.25. The molecule has 14 heavy (non-hydrogen) atoms. The summed E-state index contributed by atoms with van der Waals surface area (Å²) in [4.78, 5) is 0. The zero-order valence-corrected chi connectivity index (χ0v) is 11.5. The van der Waals surface area contributed by atoms with Crippen LogP contribution in [0.5, 0.6) is 0 Å². The molecule has 0 radical (unpaired) electrons. The molecule has 0 aromatic rings. The van der Waals surface area contributed by atoms with Gasteiger partial charge in [0.05, 0.1) is 5.00 Å². The van der Waals surface area contributed by atoms with Crippen LogP contribution in [0.2, 0.25) is 0 Å². The second-order valence-corrected chi connectivity index (χ2v) is 6.48. The number of alkyl halides is 1. The lowest BCUT2D eigenvalue weighted by atomic mass is 10.2. The van der Waals surface area contributed by atoms with Crippen LogP contribution >= 0.6 is 11.6 Å². The van der Waals surface area contributed by atoms with Crippen LogP contribution in [0, 0.1) is 0 Å². The minimum Gasteiger partial charge on any atom is -0.396 e. The topological polar surface area (TPSA) is 18.5 Å². The molecule has 0 aliphatic carbocycles. The summed E-state index contributed by atoms with van der Waals surface area (Å²) >= 11 is 6.25. The Kier molecular flexibility index (Phi) is 10.3. The molecule has 86 valence electrons. The van der Waals surface area contributed by atoms with E-state index in [-0.39, 0.29) is 5.00 Å². The van der Waals surface area contributed by atoms with Crippen LogP contribution in [0.15, 0.2) is 0 Å². The van der Waals surface area contributed by atoms with E-state index in [1.165, 1.54) is 19.3 Å². The molecule has 2 nitrogen and oxygen atoms in total. The van der Waals surface area contributed by atoms with E-state index in [4.69, 9.17) is 20.5 Å². The van der Waals surface area contributed by atoms with Gasteiger partial charge in [0, 0.05) is 13.2 Å². The highest BCUT2D eigenvalue weighted by Crippen LogP contribution is 2.13. The van der Waals surface area contributed by atoms with Crippen molar-refractivity contribution >= 4 is 20.9 Å². The third kappa shape index (κ3) is 6.82. The quantitative estimate of drug-likeness (QED) is 0.349. The lowest BCUT2D eigenvalue weighted by molar-refractivity contribution is 0.210. The van der Waals surface area contributed by atoms with Gasteiger partial charge in [0.1, 0.15) is 0 Å². The molecule has 0 saturated heterocycles. The van der Waals surface area contributed by atoms with E-state index in [9.17, 15) is 0 Å². The summed E-state index contributed by atoms with van der Waals surface area (Å²) < 4.78 is 11.1. The van der Waals surface area contributed by atoms with Gasteiger partial charge < -0.3 is 8.85 Å². The van der Waals surface area contributed by atoms with E-state index >= 15 is 0 Å². The molecule has 0 aliphatic heterocycles. The highest BCUT2D eigenvalue weighted by Gasteiger charge is 2.22. The molecule has 0 spiro atoms. The number of unbranched alkanes of at least 4 members (excludes halogenated alkanes) is 2. The van der Waals surface area contributed by atoms with Gasteiger partial charge in [0.2, 0.25) is 0 Å². The Morgan fingerprint density at radius 1 is 1.07 bits per heavy atom. The largest absolute Gasteiger partial charge is 0.396 e. The Morgan fingerprint density at radius 3 is 2.07 bits per heavy atom. The number of hydrogen-bond acceptors (Lipinski definition) is 2. The number of rotatable bonds is 9. The highest BCUT2D eigenvalue weighted by molar-refractivity contribution is 6.59. The fourth-order valence-electron chi connectivity index (χ4n) is 1.31. The molecular weight excluding hydrogens is 216 g/mol. The van der Waals surface area contributed by atoms with E-state index in [1.807, 2.05) is 13.8 Å². The molecule has 4 heteroatoms. The molecule has 1 unspecified atom stereocenters. The van der Waals surface area contributed by atoms with Crippen LogP contribution in [0.1, 0.15) is 46.5 Å². The molecule has 0 aromatic carbocycles. The van der Waals surface area contributed by atoms with Crippen LogP contribution < -0.4 is 0 Å². The smallest absolute Gasteiger partial charge is 0.339 e. The maximum atomic E-state index is 6.25. The third-order valence-corrected chi connectivity index (χ3v) is 5.12. The minimum absolute atomic E-state index is 0.126. The Balaban J connectivity index is 3.69. The van der Waals surface area contributed by atoms with Crippen LogP contribution in [0.3, 0.4) is 0 Å². The normalized spacial score (nSPS) is 13.5. The SMILES string of the molecule is CCCCCC(Cl)[SiH](OCC)OCC. The molecule has 0 bridgehead atoms. The van der Waals surface area contributed by atoms with Gasteiger partial charge in [0.25, 0.3) is 0 Å². The average Bonchev–Trinajstić information content (AvgIpc) is 2.18. The van der Waals surface area contributed by atoms with E-state index in [0.29, 0.717) is 13.2 Å². The van der Waals surface area contributed by atoms with Crippen molar-refractivity contribution in [2.24, 2.45) is 0 Å². The lowest BCUT2D eigenvalue weighted by Crippen LogP contribution is -2.34.